The monoisotopic (exact) mass is 235 g/mol. The Morgan fingerprint density at radius 2 is 1.65 bits per heavy atom. The number of anilines is 1. The number of benzene rings is 1. The van der Waals surface area contributed by atoms with Crippen molar-refractivity contribution in [1.82, 2.24) is 0 Å². The van der Waals surface area contributed by atoms with Gasteiger partial charge in [-0.05, 0) is 18.8 Å². The van der Waals surface area contributed by atoms with E-state index in [1.165, 1.54) is 25.7 Å². The molecule has 0 unspecified atom stereocenters. The predicted octanol–water partition coefficient (Wildman–Crippen LogP) is 3.31. The highest BCUT2D eigenvalue weighted by atomic mass is 16.5. The first-order chi connectivity index (χ1) is 8.31. The molecule has 2 rings (SSSR count). The van der Waals surface area contributed by atoms with Crippen molar-refractivity contribution in [3.05, 3.63) is 18.2 Å². The van der Waals surface area contributed by atoms with E-state index < -0.39 is 0 Å². The Kier molecular flexibility index (Phi) is 4.13. The molecule has 94 valence electrons. The molecular formula is C14H21NO2. The first kappa shape index (κ1) is 12.1. The van der Waals surface area contributed by atoms with Crippen LogP contribution in [0, 0.1) is 5.92 Å². The summed E-state index contributed by atoms with van der Waals surface area (Å²) < 4.78 is 10.5. The molecule has 0 heterocycles. The zero-order chi connectivity index (χ0) is 12.1. The lowest BCUT2D eigenvalue weighted by molar-refractivity contribution is 0.394. The van der Waals surface area contributed by atoms with Gasteiger partial charge in [0.15, 0.2) is 0 Å². The van der Waals surface area contributed by atoms with Gasteiger partial charge in [0.1, 0.15) is 11.5 Å². The van der Waals surface area contributed by atoms with Crippen LogP contribution in [0.25, 0.3) is 0 Å². The summed E-state index contributed by atoms with van der Waals surface area (Å²) in [6.07, 6.45) is 5.48. The third-order valence-corrected chi connectivity index (χ3v) is 3.42. The van der Waals surface area contributed by atoms with E-state index in [0.717, 1.165) is 29.6 Å². The number of nitrogens with one attached hydrogen (secondary N) is 1. The van der Waals surface area contributed by atoms with Crippen molar-refractivity contribution in [2.45, 2.75) is 25.7 Å². The fourth-order valence-corrected chi connectivity index (χ4v) is 2.39. The summed E-state index contributed by atoms with van der Waals surface area (Å²) in [5, 5.41) is 3.48. The van der Waals surface area contributed by atoms with Crippen molar-refractivity contribution in [2.75, 3.05) is 26.1 Å². The molecule has 0 aromatic heterocycles. The molecule has 0 radical (unpaired) electrons. The number of ether oxygens (including phenoxy) is 2. The highest BCUT2D eigenvalue weighted by molar-refractivity contribution is 5.53. The summed E-state index contributed by atoms with van der Waals surface area (Å²) in [5.41, 5.74) is 1.08. The molecule has 1 aliphatic carbocycles. The van der Waals surface area contributed by atoms with Crippen molar-refractivity contribution in [2.24, 2.45) is 5.92 Å². The summed E-state index contributed by atoms with van der Waals surface area (Å²) >= 11 is 0. The normalized spacial score (nSPS) is 15.9. The molecule has 0 spiro atoms. The fraction of sp³-hybridized carbons (Fsp3) is 0.571. The summed E-state index contributed by atoms with van der Waals surface area (Å²) in [4.78, 5) is 0. The van der Waals surface area contributed by atoms with E-state index in [2.05, 4.69) is 5.32 Å². The van der Waals surface area contributed by atoms with Gasteiger partial charge in [-0.3, -0.25) is 0 Å². The van der Waals surface area contributed by atoms with Crippen LogP contribution in [0.2, 0.25) is 0 Å². The van der Waals surface area contributed by atoms with Crippen molar-refractivity contribution >= 4 is 5.69 Å². The van der Waals surface area contributed by atoms with Crippen LogP contribution in [0.15, 0.2) is 18.2 Å². The van der Waals surface area contributed by atoms with Crippen LogP contribution in [-0.2, 0) is 0 Å². The molecule has 0 atom stereocenters. The van der Waals surface area contributed by atoms with E-state index >= 15 is 0 Å². The SMILES string of the molecule is COc1cc(NCC2CCCC2)cc(OC)c1. The Bertz CT molecular complexity index is 337. The molecule has 1 saturated carbocycles. The third-order valence-electron chi connectivity index (χ3n) is 3.42. The molecule has 0 aliphatic heterocycles. The van der Waals surface area contributed by atoms with E-state index in [1.807, 2.05) is 18.2 Å². The number of rotatable bonds is 5. The van der Waals surface area contributed by atoms with Gasteiger partial charge in [0.25, 0.3) is 0 Å². The van der Waals surface area contributed by atoms with Crippen LogP contribution >= 0.6 is 0 Å². The Morgan fingerprint density at radius 3 is 2.18 bits per heavy atom. The second-order valence-electron chi connectivity index (χ2n) is 4.63. The van der Waals surface area contributed by atoms with E-state index in [1.54, 1.807) is 14.2 Å². The second kappa shape index (κ2) is 5.80. The summed E-state index contributed by atoms with van der Waals surface area (Å²) in [6, 6.07) is 5.91. The van der Waals surface area contributed by atoms with Crippen LogP contribution in [0.3, 0.4) is 0 Å². The molecule has 3 heteroatoms. The van der Waals surface area contributed by atoms with E-state index in [0.29, 0.717) is 0 Å². The standard InChI is InChI=1S/C14H21NO2/c1-16-13-7-12(8-14(9-13)17-2)15-10-11-5-3-4-6-11/h7-9,11,15H,3-6,10H2,1-2H3. The molecule has 3 nitrogen and oxygen atoms in total. The van der Waals surface area contributed by atoms with Crippen LogP contribution in [0.4, 0.5) is 5.69 Å². The number of hydrogen-bond donors (Lipinski definition) is 1. The van der Waals surface area contributed by atoms with E-state index in [4.69, 9.17) is 9.47 Å². The van der Waals surface area contributed by atoms with Gasteiger partial charge in [0.2, 0.25) is 0 Å². The van der Waals surface area contributed by atoms with Gasteiger partial charge >= 0.3 is 0 Å². The van der Waals surface area contributed by atoms with Gasteiger partial charge in [0.05, 0.1) is 14.2 Å². The molecule has 1 aliphatic rings. The molecule has 0 saturated heterocycles. The number of methoxy groups -OCH3 is 2. The maximum atomic E-state index is 5.25. The van der Waals surface area contributed by atoms with Gasteiger partial charge in [0, 0.05) is 30.4 Å². The first-order valence-corrected chi connectivity index (χ1v) is 6.29. The Morgan fingerprint density at radius 1 is 1.06 bits per heavy atom. The molecular weight excluding hydrogens is 214 g/mol. The van der Waals surface area contributed by atoms with Gasteiger partial charge in [-0.25, -0.2) is 0 Å². The van der Waals surface area contributed by atoms with Crippen molar-refractivity contribution in [1.29, 1.82) is 0 Å². The fourth-order valence-electron chi connectivity index (χ4n) is 2.39. The van der Waals surface area contributed by atoms with Crippen molar-refractivity contribution < 1.29 is 9.47 Å². The molecule has 1 aromatic carbocycles. The maximum Gasteiger partial charge on any atom is 0.124 e. The molecule has 0 bridgehead atoms. The van der Waals surface area contributed by atoms with Crippen LogP contribution in [0.1, 0.15) is 25.7 Å². The first-order valence-electron chi connectivity index (χ1n) is 6.29. The lowest BCUT2D eigenvalue weighted by atomic mass is 10.1. The van der Waals surface area contributed by atoms with Crippen molar-refractivity contribution in [3.63, 3.8) is 0 Å². The Hall–Kier alpha value is -1.38. The summed E-state index contributed by atoms with van der Waals surface area (Å²) in [5.74, 6) is 2.49. The number of hydrogen-bond acceptors (Lipinski definition) is 3. The lowest BCUT2D eigenvalue weighted by Crippen LogP contribution is -2.10. The second-order valence-corrected chi connectivity index (χ2v) is 4.63. The highest BCUT2D eigenvalue weighted by Gasteiger charge is 2.14. The van der Waals surface area contributed by atoms with E-state index in [9.17, 15) is 0 Å². The largest absolute Gasteiger partial charge is 0.497 e. The summed E-state index contributed by atoms with van der Waals surface area (Å²) in [6.45, 7) is 1.05. The Labute approximate surface area is 103 Å². The maximum absolute atomic E-state index is 5.25. The minimum absolute atomic E-state index is 0.826. The minimum Gasteiger partial charge on any atom is -0.497 e. The van der Waals surface area contributed by atoms with Crippen LogP contribution in [-0.4, -0.2) is 20.8 Å². The lowest BCUT2D eigenvalue weighted by Gasteiger charge is -2.13. The third kappa shape index (κ3) is 3.29. The minimum atomic E-state index is 0.826. The topological polar surface area (TPSA) is 30.5 Å². The van der Waals surface area contributed by atoms with Crippen LogP contribution < -0.4 is 14.8 Å². The van der Waals surface area contributed by atoms with Gasteiger partial charge in [-0.1, -0.05) is 12.8 Å². The predicted molar refractivity (Wildman–Crippen MR) is 70.0 cm³/mol. The smallest absolute Gasteiger partial charge is 0.124 e. The van der Waals surface area contributed by atoms with Gasteiger partial charge in [-0.2, -0.15) is 0 Å². The van der Waals surface area contributed by atoms with Gasteiger partial charge in [-0.15, -0.1) is 0 Å². The van der Waals surface area contributed by atoms with Crippen molar-refractivity contribution in [3.8, 4) is 11.5 Å². The van der Waals surface area contributed by atoms with E-state index in [-0.39, 0.29) is 0 Å². The molecule has 1 aromatic rings. The molecule has 1 N–H and O–H groups in total. The highest BCUT2D eigenvalue weighted by Crippen LogP contribution is 2.28. The van der Waals surface area contributed by atoms with Gasteiger partial charge < -0.3 is 14.8 Å². The molecule has 17 heavy (non-hydrogen) atoms. The average molecular weight is 235 g/mol. The average Bonchev–Trinajstić information content (AvgIpc) is 2.89. The zero-order valence-electron chi connectivity index (χ0n) is 10.7. The zero-order valence-corrected chi connectivity index (χ0v) is 10.7. The van der Waals surface area contributed by atoms with Crippen LogP contribution in [0.5, 0.6) is 11.5 Å². The quantitative estimate of drug-likeness (QED) is 0.849. The molecule has 1 fully saturated rings. The molecule has 0 amide bonds. The Balaban J connectivity index is 1.98. The summed E-state index contributed by atoms with van der Waals surface area (Å²) in [7, 11) is 3.35.